The fraction of sp³-hybridized carbons (Fsp3) is 0.333. The van der Waals surface area contributed by atoms with Crippen molar-refractivity contribution in [1.29, 1.82) is 0 Å². The van der Waals surface area contributed by atoms with Crippen LogP contribution in [0.25, 0.3) is 0 Å². The molecule has 1 atom stereocenters. The Morgan fingerprint density at radius 1 is 2.00 bits per heavy atom. The van der Waals surface area contributed by atoms with E-state index in [0.29, 0.717) is 0 Å². The highest BCUT2D eigenvalue weighted by molar-refractivity contribution is 7.99. The van der Waals surface area contributed by atoms with Gasteiger partial charge in [-0.1, -0.05) is 0 Å². The van der Waals surface area contributed by atoms with Crippen molar-refractivity contribution in [3.05, 3.63) is 16.5 Å². The normalized spacial score (nSPS) is 26.2. The molecule has 0 aromatic rings. The van der Waals surface area contributed by atoms with Crippen LogP contribution in [0, 0.1) is 16.5 Å². The molecule has 0 saturated carbocycles. The summed E-state index contributed by atoms with van der Waals surface area (Å²) in [4.78, 5) is 9.41. The minimum Gasteiger partial charge on any atom is -0.263 e. The molecule has 2 radical (unpaired) electrons. The van der Waals surface area contributed by atoms with E-state index in [1.165, 1.54) is 6.21 Å². The fourth-order valence-electron chi connectivity index (χ4n) is 0.312. The molecule has 0 fully saturated rings. The number of rotatable bonds is 1. The van der Waals surface area contributed by atoms with E-state index < -0.39 is 10.3 Å². The Hall–Kier alpha value is -0.580. The lowest BCUT2D eigenvalue weighted by atomic mass is 10.5. The SMILES string of the molecule is O=[N+]([O-])C1[C]C=NS1. The standard InChI is InChI=1S/C3H2N2O2S/c6-5(7)3-1-2-4-8-3/h2-3H. The molecule has 0 amide bonds. The molecule has 1 heterocycles. The van der Waals surface area contributed by atoms with Crippen molar-refractivity contribution < 1.29 is 4.92 Å². The summed E-state index contributed by atoms with van der Waals surface area (Å²) >= 11 is 0.910. The zero-order valence-electron chi connectivity index (χ0n) is 3.77. The van der Waals surface area contributed by atoms with Gasteiger partial charge in [-0.05, 0) is 0 Å². The molecular formula is C3H2N2O2S. The first-order valence-electron chi connectivity index (χ1n) is 1.88. The molecule has 0 aromatic carbocycles. The summed E-state index contributed by atoms with van der Waals surface area (Å²) in [5.41, 5.74) is 0. The summed E-state index contributed by atoms with van der Waals surface area (Å²) in [5, 5.41) is 9.08. The van der Waals surface area contributed by atoms with Crippen LogP contribution in [0.15, 0.2) is 4.40 Å². The Labute approximate surface area is 50.3 Å². The average molecular weight is 130 g/mol. The Bertz CT molecular complexity index is 127. The van der Waals surface area contributed by atoms with Crippen LogP contribution < -0.4 is 0 Å². The van der Waals surface area contributed by atoms with Crippen LogP contribution in [-0.4, -0.2) is 16.5 Å². The molecule has 8 heavy (non-hydrogen) atoms. The summed E-state index contributed by atoms with van der Waals surface area (Å²) in [5.74, 6) is 0. The van der Waals surface area contributed by atoms with Crippen molar-refractivity contribution in [3.8, 4) is 0 Å². The van der Waals surface area contributed by atoms with Gasteiger partial charge in [0.25, 0.3) is 5.37 Å². The van der Waals surface area contributed by atoms with Crippen LogP contribution in [-0.2, 0) is 0 Å². The molecule has 1 unspecified atom stereocenters. The quantitative estimate of drug-likeness (QED) is 0.293. The summed E-state index contributed by atoms with van der Waals surface area (Å²) in [7, 11) is 0. The van der Waals surface area contributed by atoms with Gasteiger partial charge in [-0.3, -0.25) is 10.1 Å². The van der Waals surface area contributed by atoms with Crippen molar-refractivity contribution in [3.63, 3.8) is 0 Å². The van der Waals surface area contributed by atoms with Crippen molar-refractivity contribution in [1.82, 2.24) is 0 Å². The van der Waals surface area contributed by atoms with Crippen LogP contribution in [0.3, 0.4) is 0 Å². The van der Waals surface area contributed by atoms with Crippen LogP contribution in [0.4, 0.5) is 0 Å². The van der Waals surface area contributed by atoms with Gasteiger partial charge in [-0.25, -0.2) is 4.40 Å². The van der Waals surface area contributed by atoms with Crippen LogP contribution in [0.1, 0.15) is 0 Å². The Kier molecular flexibility index (Phi) is 1.48. The molecule has 1 aliphatic rings. The number of nitro groups is 1. The maximum absolute atomic E-state index is 9.84. The number of hydrogen-bond acceptors (Lipinski definition) is 4. The van der Waals surface area contributed by atoms with E-state index in [0.717, 1.165) is 11.9 Å². The van der Waals surface area contributed by atoms with Gasteiger partial charge in [0.15, 0.2) is 0 Å². The number of hydrogen-bond donors (Lipinski definition) is 0. The third-order valence-corrected chi connectivity index (χ3v) is 1.36. The first kappa shape index (κ1) is 5.55. The van der Waals surface area contributed by atoms with Crippen LogP contribution in [0.2, 0.25) is 0 Å². The third kappa shape index (κ3) is 0.975. The van der Waals surface area contributed by atoms with Gasteiger partial charge >= 0.3 is 0 Å². The highest BCUT2D eigenvalue weighted by Gasteiger charge is 2.24. The minimum atomic E-state index is -0.769. The first-order valence-corrected chi connectivity index (χ1v) is 2.71. The fourth-order valence-corrected chi connectivity index (χ4v) is 0.748. The van der Waals surface area contributed by atoms with Gasteiger partial charge in [0, 0.05) is 11.1 Å². The molecule has 1 aliphatic heterocycles. The lowest BCUT2D eigenvalue weighted by Crippen LogP contribution is -2.11. The Balaban J connectivity index is 2.41. The smallest absolute Gasteiger partial charge is 0.263 e. The summed E-state index contributed by atoms with van der Waals surface area (Å²) in [6.07, 6.45) is 3.75. The molecule has 42 valence electrons. The molecular weight excluding hydrogens is 128 g/mol. The summed E-state index contributed by atoms with van der Waals surface area (Å²) < 4.78 is 3.52. The highest BCUT2D eigenvalue weighted by atomic mass is 32.2. The van der Waals surface area contributed by atoms with Gasteiger partial charge in [0.1, 0.15) is 6.42 Å². The van der Waals surface area contributed by atoms with Gasteiger partial charge < -0.3 is 0 Å². The Morgan fingerprint density at radius 3 is 3.00 bits per heavy atom. The summed E-state index contributed by atoms with van der Waals surface area (Å²) in [6, 6.07) is 0. The molecule has 4 nitrogen and oxygen atoms in total. The van der Waals surface area contributed by atoms with E-state index in [9.17, 15) is 10.1 Å². The molecule has 0 spiro atoms. The van der Waals surface area contributed by atoms with Gasteiger partial charge in [0.2, 0.25) is 0 Å². The van der Waals surface area contributed by atoms with Gasteiger partial charge in [-0.2, -0.15) is 0 Å². The molecule has 0 aliphatic carbocycles. The predicted molar refractivity (Wildman–Crippen MR) is 30.1 cm³/mol. The third-order valence-electron chi connectivity index (χ3n) is 0.622. The van der Waals surface area contributed by atoms with Crippen molar-refractivity contribution in [2.75, 3.05) is 0 Å². The van der Waals surface area contributed by atoms with Gasteiger partial charge in [0.05, 0.1) is 11.9 Å². The van der Waals surface area contributed by atoms with E-state index in [2.05, 4.69) is 10.8 Å². The lowest BCUT2D eigenvalue weighted by molar-refractivity contribution is -0.485. The maximum Gasteiger partial charge on any atom is 0.291 e. The van der Waals surface area contributed by atoms with Crippen molar-refractivity contribution in [2.24, 2.45) is 4.40 Å². The maximum atomic E-state index is 9.84. The second kappa shape index (κ2) is 2.13. The van der Waals surface area contributed by atoms with Crippen LogP contribution in [0.5, 0.6) is 0 Å². The van der Waals surface area contributed by atoms with Gasteiger partial charge in [-0.15, -0.1) is 0 Å². The second-order valence-electron chi connectivity index (χ2n) is 1.14. The molecule has 1 rings (SSSR count). The molecule has 5 heteroatoms. The topological polar surface area (TPSA) is 55.5 Å². The minimum absolute atomic E-state index is 0.433. The first-order chi connectivity index (χ1) is 3.80. The Morgan fingerprint density at radius 2 is 2.75 bits per heavy atom. The second-order valence-corrected chi connectivity index (χ2v) is 2.01. The van der Waals surface area contributed by atoms with E-state index in [-0.39, 0.29) is 0 Å². The molecule has 0 saturated heterocycles. The molecule has 0 bridgehead atoms. The van der Waals surface area contributed by atoms with Crippen molar-refractivity contribution >= 4 is 18.2 Å². The van der Waals surface area contributed by atoms with E-state index in [1.54, 1.807) is 0 Å². The monoisotopic (exact) mass is 130 g/mol. The van der Waals surface area contributed by atoms with E-state index in [1.807, 2.05) is 0 Å². The van der Waals surface area contributed by atoms with Crippen LogP contribution >= 0.6 is 11.9 Å². The number of nitrogens with zero attached hydrogens (tertiary/aromatic N) is 2. The summed E-state index contributed by atoms with van der Waals surface area (Å²) in [6.45, 7) is 0. The van der Waals surface area contributed by atoms with E-state index in [4.69, 9.17) is 0 Å². The van der Waals surface area contributed by atoms with E-state index >= 15 is 0 Å². The zero-order chi connectivity index (χ0) is 5.98. The average Bonchev–Trinajstić information content (AvgIpc) is 2.12. The lowest BCUT2D eigenvalue weighted by Gasteiger charge is -1.91. The predicted octanol–water partition coefficient (Wildman–Crippen LogP) is 0.403. The molecule has 0 N–H and O–H groups in total. The highest BCUT2D eigenvalue weighted by Crippen LogP contribution is 2.19. The largest absolute Gasteiger partial charge is 0.291 e. The zero-order valence-corrected chi connectivity index (χ0v) is 4.59. The van der Waals surface area contributed by atoms with Crippen molar-refractivity contribution in [2.45, 2.75) is 5.37 Å². The molecule has 0 aromatic heterocycles.